The van der Waals surface area contributed by atoms with Crippen LogP contribution in [-0.2, 0) is 33.4 Å². The lowest BCUT2D eigenvalue weighted by Crippen LogP contribution is -2.23. The number of nitrogens with zero attached hydrogens (tertiary/aromatic N) is 1. The van der Waals surface area contributed by atoms with E-state index in [2.05, 4.69) is 65.0 Å². The molecule has 0 aliphatic carbocycles. The number of unbranched alkanes of at least 4 members (excludes halogenated alkanes) is 16. The van der Waals surface area contributed by atoms with Crippen LogP contribution < -0.4 is 0 Å². The zero-order valence-electron chi connectivity index (χ0n) is 47.3. The average molecular weight is 963 g/mol. The Morgan fingerprint density at radius 3 is 1.32 bits per heavy atom. The fourth-order valence-electron chi connectivity index (χ4n) is 8.82. The predicted octanol–water partition coefficient (Wildman–Crippen LogP) is 17.2. The molecule has 1 atom stereocenters. The van der Waals surface area contributed by atoms with E-state index in [1.807, 2.05) is 21.1 Å². The van der Waals surface area contributed by atoms with Crippen molar-refractivity contribution in [2.75, 3.05) is 39.5 Å². The molecule has 9 heteroatoms. The third-order valence-corrected chi connectivity index (χ3v) is 12.7. The molecule has 1 aliphatic rings. The topological polar surface area (TPSA) is 99.2 Å². The molecular weight excluding hydrogens is 845 g/mol. The Balaban J connectivity index is -0.00000114. The maximum absolute atomic E-state index is 12.1. The standard InChI is InChI=1S/C30H57BNO3.C23H44O4.C4H10.C2H6/c1-4-7-12-18-27(19-13-8-5-2)20-16-25-35-30(34)21-14-10-9-11-15-23-32-24-22-28(26-32)31-29(33)17-6-3;1-3-5-10-15-22(16-11-6-4-2)17-14-20-27-23(25)18-12-8-7-9-13-19-26-21-24;1-4(2)3;1-2/h27-28H,4-26H2,1-3H3;21-22H,3-20H2,1-2H3;4H,1-3H3;1-2H3. The molecule has 0 aromatic heterocycles. The molecule has 0 N–H and O–H groups in total. The van der Waals surface area contributed by atoms with Gasteiger partial charge in [-0.2, -0.15) is 0 Å². The molecule has 1 unspecified atom stereocenters. The highest BCUT2D eigenvalue weighted by atomic mass is 16.5. The lowest BCUT2D eigenvalue weighted by molar-refractivity contribution is -0.144. The van der Waals surface area contributed by atoms with Crippen LogP contribution in [0.3, 0.4) is 0 Å². The van der Waals surface area contributed by atoms with E-state index in [9.17, 15) is 19.2 Å². The molecule has 1 aliphatic heterocycles. The highest BCUT2D eigenvalue weighted by molar-refractivity contribution is 6.75. The Hall–Kier alpha value is -1.90. The molecule has 0 aromatic rings. The van der Waals surface area contributed by atoms with Gasteiger partial charge in [0.05, 0.1) is 25.5 Å². The van der Waals surface area contributed by atoms with Crippen LogP contribution in [-0.4, -0.2) is 75.7 Å². The molecular formula is C59H117BNO7. The zero-order chi connectivity index (χ0) is 51.1. The second-order valence-corrected chi connectivity index (χ2v) is 20.4. The largest absolute Gasteiger partial charge is 0.468 e. The van der Waals surface area contributed by atoms with Crippen molar-refractivity contribution in [3.05, 3.63) is 0 Å². The van der Waals surface area contributed by atoms with E-state index in [4.69, 9.17) is 9.47 Å². The Bertz CT molecular complexity index is 1040. The van der Waals surface area contributed by atoms with E-state index in [-0.39, 0.29) is 11.9 Å². The zero-order valence-corrected chi connectivity index (χ0v) is 47.3. The summed E-state index contributed by atoms with van der Waals surface area (Å²) in [6.07, 6.45) is 40.3. The Morgan fingerprint density at radius 2 is 0.912 bits per heavy atom. The van der Waals surface area contributed by atoms with Gasteiger partial charge in [0.2, 0.25) is 7.28 Å². The van der Waals surface area contributed by atoms with Gasteiger partial charge in [0.15, 0.2) is 0 Å². The molecule has 0 spiro atoms. The molecule has 1 fully saturated rings. The van der Waals surface area contributed by atoms with E-state index < -0.39 is 0 Å². The Labute approximate surface area is 425 Å². The highest BCUT2D eigenvalue weighted by Crippen LogP contribution is 2.25. The summed E-state index contributed by atoms with van der Waals surface area (Å²) in [5, 5.41) is 0. The number of carbonyl (C=O) groups is 4. The van der Waals surface area contributed by atoms with Crippen molar-refractivity contribution in [2.24, 2.45) is 17.8 Å². The van der Waals surface area contributed by atoms with Crippen LogP contribution in [0.1, 0.15) is 294 Å². The van der Waals surface area contributed by atoms with Gasteiger partial charge in [0.25, 0.3) is 6.47 Å². The van der Waals surface area contributed by atoms with E-state index >= 15 is 0 Å². The molecule has 68 heavy (non-hydrogen) atoms. The molecule has 1 saturated heterocycles. The summed E-state index contributed by atoms with van der Waals surface area (Å²) in [5.41, 5.74) is 0.326. The molecule has 0 bridgehead atoms. The van der Waals surface area contributed by atoms with Gasteiger partial charge in [0, 0.05) is 12.8 Å². The summed E-state index contributed by atoms with van der Waals surface area (Å²) >= 11 is 0. The first-order valence-corrected chi connectivity index (χ1v) is 29.5. The van der Waals surface area contributed by atoms with E-state index in [0.29, 0.717) is 57.1 Å². The van der Waals surface area contributed by atoms with Crippen molar-refractivity contribution in [2.45, 2.75) is 300 Å². The van der Waals surface area contributed by atoms with Gasteiger partial charge in [-0.3, -0.25) is 14.4 Å². The first-order chi connectivity index (χ1) is 33.1. The summed E-state index contributed by atoms with van der Waals surface area (Å²) in [4.78, 5) is 48.2. The summed E-state index contributed by atoms with van der Waals surface area (Å²) in [7, 11) is 1.97. The number of esters is 2. The summed E-state index contributed by atoms with van der Waals surface area (Å²) in [5.74, 6) is 2.88. The smallest absolute Gasteiger partial charge is 0.305 e. The monoisotopic (exact) mass is 963 g/mol. The van der Waals surface area contributed by atoms with Crippen molar-refractivity contribution in [3.8, 4) is 0 Å². The van der Waals surface area contributed by atoms with Gasteiger partial charge in [-0.05, 0) is 107 Å². The number of carbonyl (C=O) groups excluding carboxylic acids is 4. The average Bonchev–Trinajstić information content (AvgIpc) is 3.76. The maximum Gasteiger partial charge on any atom is 0.305 e. The van der Waals surface area contributed by atoms with E-state index in [0.717, 1.165) is 108 Å². The van der Waals surface area contributed by atoms with E-state index in [1.54, 1.807) is 0 Å². The number of ether oxygens (including phenoxy) is 3. The second kappa shape index (κ2) is 57.7. The second-order valence-electron chi connectivity index (χ2n) is 20.4. The molecule has 0 amide bonds. The van der Waals surface area contributed by atoms with Crippen LogP contribution in [0.25, 0.3) is 0 Å². The molecule has 0 saturated carbocycles. The molecule has 8 nitrogen and oxygen atoms in total. The Kier molecular flexibility index (Phi) is 59.7. The Morgan fingerprint density at radius 1 is 0.515 bits per heavy atom. The van der Waals surface area contributed by atoms with Gasteiger partial charge < -0.3 is 23.9 Å². The number of hydrogen-bond acceptors (Lipinski definition) is 8. The van der Waals surface area contributed by atoms with E-state index in [1.165, 1.54) is 135 Å². The van der Waals surface area contributed by atoms with Crippen molar-refractivity contribution in [3.63, 3.8) is 0 Å². The van der Waals surface area contributed by atoms with Crippen LogP contribution in [0.4, 0.5) is 0 Å². The number of rotatable bonds is 45. The minimum Gasteiger partial charge on any atom is -0.468 e. The van der Waals surface area contributed by atoms with Gasteiger partial charge in [-0.25, -0.2) is 0 Å². The molecule has 1 radical (unpaired) electrons. The van der Waals surface area contributed by atoms with Gasteiger partial charge in [0.1, 0.15) is 0 Å². The fourth-order valence-corrected chi connectivity index (χ4v) is 8.82. The van der Waals surface area contributed by atoms with Crippen LogP contribution in [0.15, 0.2) is 0 Å². The van der Waals surface area contributed by atoms with Crippen LogP contribution in [0.5, 0.6) is 0 Å². The lowest BCUT2D eigenvalue weighted by atomic mass is 9.59. The molecule has 0 aromatic carbocycles. The van der Waals surface area contributed by atoms with Crippen molar-refractivity contribution < 1.29 is 33.4 Å². The number of hydrogen-bond donors (Lipinski definition) is 0. The summed E-state index contributed by atoms with van der Waals surface area (Å²) in [6.45, 7) is 27.1. The van der Waals surface area contributed by atoms with Crippen LogP contribution >= 0.6 is 0 Å². The van der Waals surface area contributed by atoms with Crippen LogP contribution in [0, 0.1) is 17.8 Å². The van der Waals surface area contributed by atoms with Crippen LogP contribution in [0.2, 0.25) is 5.82 Å². The first-order valence-electron chi connectivity index (χ1n) is 29.5. The SMILES string of the molecule is CC.CC(C)C.CCCCCC(CCCCC)CCCOC(=O)CCCCCCCN1CCC([B]C(=O)CCC)C1.CCCCCC(CCCCC)CCCOC(=O)CCCCCCCOC=O. The number of likely N-dealkylation sites (tertiary alicyclic amines) is 1. The van der Waals surface area contributed by atoms with Gasteiger partial charge >= 0.3 is 11.9 Å². The normalized spacial score (nSPS) is 13.3. The summed E-state index contributed by atoms with van der Waals surface area (Å²) in [6, 6.07) is 0. The molecule has 1 rings (SSSR count). The van der Waals surface area contributed by atoms with Crippen molar-refractivity contribution >= 4 is 31.4 Å². The molecule has 403 valence electrons. The predicted molar refractivity (Wildman–Crippen MR) is 294 cm³/mol. The van der Waals surface area contributed by atoms with Crippen molar-refractivity contribution in [1.82, 2.24) is 4.90 Å². The first kappa shape index (κ1) is 70.4. The lowest BCUT2D eigenvalue weighted by Gasteiger charge is -2.16. The third kappa shape index (κ3) is 55.0. The third-order valence-electron chi connectivity index (χ3n) is 12.7. The van der Waals surface area contributed by atoms with Gasteiger partial charge in [-0.15, -0.1) is 0 Å². The molecule has 1 heterocycles. The minimum absolute atomic E-state index is 0.00417. The summed E-state index contributed by atoms with van der Waals surface area (Å²) < 4.78 is 15.6. The maximum atomic E-state index is 12.1. The quantitative estimate of drug-likeness (QED) is 0.0196. The van der Waals surface area contributed by atoms with Gasteiger partial charge in [-0.1, -0.05) is 217 Å². The highest BCUT2D eigenvalue weighted by Gasteiger charge is 2.25. The minimum atomic E-state index is -0.0483. The fraction of sp³-hybridized carbons (Fsp3) is 0.932. The van der Waals surface area contributed by atoms with Crippen molar-refractivity contribution in [1.29, 1.82) is 0 Å².